The molecule has 3 nitrogen and oxygen atoms in total. The van der Waals surface area contributed by atoms with Crippen LogP contribution in [0.3, 0.4) is 0 Å². The second kappa shape index (κ2) is 8.97. The smallest absolute Gasteiger partial charge is 0.235 e. The number of carbonyl (C=O) groups is 1. The second-order valence-electron chi connectivity index (χ2n) is 8.51. The fourth-order valence-corrected chi connectivity index (χ4v) is 4.82. The number of rotatable bonds is 6. The molecule has 5 heteroatoms. The first-order chi connectivity index (χ1) is 13.7. The van der Waals surface area contributed by atoms with Crippen molar-refractivity contribution in [1.29, 1.82) is 0 Å². The maximum Gasteiger partial charge on any atom is 0.235 e. The predicted octanol–water partition coefficient (Wildman–Crippen LogP) is 7.10. The van der Waals surface area contributed by atoms with Crippen molar-refractivity contribution in [2.75, 3.05) is 11.9 Å². The van der Waals surface area contributed by atoms with Crippen LogP contribution in [0.4, 0.5) is 5.69 Å². The van der Waals surface area contributed by atoms with Crippen molar-refractivity contribution < 1.29 is 9.53 Å². The third-order valence-electron chi connectivity index (χ3n) is 5.62. The molecule has 0 atom stereocenters. The summed E-state index contributed by atoms with van der Waals surface area (Å²) in [7, 11) is 0. The van der Waals surface area contributed by atoms with Gasteiger partial charge in [-0.2, -0.15) is 0 Å². The van der Waals surface area contributed by atoms with Gasteiger partial charge in [-0.3, -0.25) is 4.79 Å². The Balaban J connectivity index is 1.87. The molecule has 1 saturated carbocycles. The minimum atomic E-state index is -0.615. The molecule has 0 heterocycles. The molecule has 0 aromatic heterocycles. The van der Waals surface area contributed by atoms with Crippen molar-refractivity contribution in [3.8, 4) is 5.75 Å². The van der Waals surface area contributed by atoms with E-state index in [1.165, 1.54) is 0 Å². The summed E-state index contributed by atoms with van der Waals surface area (Å²) in [4.78, 5) is 13.5. The summed E-state index contributed by atoms with van der Waals surface area (Å²) in [6, 6.07) is 9.39. The van der Waals surface area contributed by atoms with Gasteiger partial charge in [0.15, 0.2) is 0 Å². The highest BCUT2D eigenvalue weighted by Gasteiger charge is 2.44. The minimum Gasteiger partial charge on any atom is -0.493 e. The van der Waals surface area contributed by atoms with Crippen LogP contribution in [-0.4, -0.2) is 12.5 Å². The summed E-state index contributed by atoms with van der Waals surface area (Å²) in [6.07, 6.45) is 3.58. The van der Waals surface area contributed by atoms with Crippen LogP contribution in [0.15, 0.2) is 30.3 Å². The molecule has 2 aromatic rings. The van der Waals surface area contributed by atoms with Crippen molar-refractivity contribution >= 4 is 34.8 Å². The molecule has 156 valence electrons. The molecular formula is C24H29Cl2NO2. The van der Waals surface area contributed by atoms with Gasteiger partial charge in [-0.1, -0.05) is 56.0 Å². The average Bonchev–Trinajstić information content (AvgIpc) is 3.11. The first kappa shape index (κ1) is 22.0. The van der Waals surface area contributed by atoms with Gasteiger partial charge in [-0.05, 0) is 73.6 Å². The maximum atomic E-state index is 13.5. The number of carbonyl (C=O) groups excluding carboxylic acids is 1. The standard InChI is InChI=1S/C24H29Cl2NO2/c1-15(2)14-29-22-16(3)11-19(12-17(22)4)27-23(28)24(9-5-6-10-24)20-8-7-18(25)13-21(20)26/h7-8,11-13,15H,5-6,9-10,14H2,1-4H3,(H,27,28). The van der Waals surface area contributed by atoms with E-state index in [2.05, 4.69) is 19.2 Å². The molecule has 1 fully saturated rings. The van der Waals surface area contributed by atoms with E-state index in [4.69, 9.17) is 27.9 Å². The zero-order chi connectivity index (χ0) is 21.2. The molecule has 29 heavy (non-hydrogen) atoms. The monoisotopic (exact) mass is 433 g/mol. The number of hydrogen-bond acceptors (Lipinski definition) is 2. The first-order valence-corrected chi connectivity index (χ1v) is 11.0. The third-order valence-corrected chi connectivity index (χ3v) is 6.17. The maximum absolute atomic E-state index is 13.5. The van der Waals surface area contributed by atoms with E-state index in [0.717, 1.165) is 53.8 Å². The number of benzene rings is 2. The normalized spacial score (nSPS) is 15.6. The van der Waals surface area contributed by atoms with E-state index >= 15 is 0 Å². The summed E-state index contributed by atoms with van der Waals surface area (Å²) < 4.78 is 5.96. The van der Waals surface area contributed by atoms with E-state index in [9.17, 15) is 4.79 Å². The number of amides is 1. The molecule has 3 rings (SSSR count). The van der Waals surface area contributed by atoms with Crippen molar-refractivity contribution in [2.45, 2.75) is 58.8 Å². The molecule has 0 spiro atoms. The van der Waals surface area contributed by atoms with Gasteiger partial charge in [0.25, 0.3) is 0 Å². The van der Waals surface area contributed by atoms with Crippen LogP contribution in [-0.2, 0) is 10.2 Å². The number of hydrogen-bond donors (Lipinski definition) is 1. The predicted molar refractivity (Wildman–Crippen MR) is 121 cm³/mol. The van der Waals surface area contributed by atoms with Gasteiger partial charge >= 0.3 is 0 Å². The zero-order valence-electron chi connectivity index (χ0n) is 17.6. The Hall–Kier alpha value is -1.71. The summed E-state index contributed by atoms with van der Waals surface area (Å²) in [5.41, 5.74) is 3.08. The van der Waals surface area contributed by atoms with Crippen LogP contribution in [0.25, 0.3) is 0 Å². The summed E-state index contributed by atoms with van der Waals surface area (Å²) in [5.74, 6) is 1.35. The molecule has 1 aliphatic rings. The van der Waals surface area contributed by atoms with Crippen molar-refractivity contribution in [3.63, 3.8) is 0 Å². The molecule has 1 aliphatic carbocycles. The molecule has 1 N–H and O–H groups in total. The molecule has 0 unspecified atom stereocenters. The Morgan fingerprint density at radius 2 is 1.72 bits per heavy atom. The first-order valence-electron chi connectivity index (χ1n) is 10.2. The molecule has 2 aromatic carbocycles. The van der Waals surface area contributed by atoms with E-state index in [0.29, 0.717) is 22.6 Å². The number of anilines is 1. The van der Waals surface area contributed by atoms with Crippen molar-refractivity contribution in [3.05, 3.63) is 57.1 Å². The largest absolute Gasteiger partial charge is 0.493 e. The van der Waals surface area contributed by atoms with Crippen LogP contribution >= 0.6 is 23.2 Å². The van der Waals surface area contributed by atoms with Gasteiger partial charge < -0.3 is 10.1 Å². The topological polar surface area (TPSA) is 38.3 Å². The Morgan fingerprint density at radius 1 is 1.10 bits per heavy atom. The number of nitrogens with one attached hydrogen (secondary N) is 1. The van der Waals surface area contributed by atoms with Crippen LogP contribution in [0.5, 0.6) is 5.75 Å². The second-order valence-corrected chi connectivity index (χ2v) is 9.36. The molecule has 0 aliphatic heterocycles. The van der Waals surface area contributed by atoms with Crippen LogP contribution in [0.1, 0.15) is 56.2 Å². The highest BCUT2D eigenvalue weighted by Crippen LogP contribution is 2.45. The van der Waals surface area contributed by atoms with Crippen LogP contribution in [0, 0.1) is 19.8 Å². The van der Waals surface area contributed by atoms with E-state index in [1.807, 2.05) is 38.1 Å². The highest BCUT2D eigenvalue weighted by molar-refractivity contribution is 6.35. The van der Waals surface area contributed by atoms with E-state index < -0.39 is 5.41 Å². The SMILES string of the molecule is Cc1cc(NC(=O)C2(c3ccc(Cl)cc3Cl)CCCC2)cc(C)c1OCC(C)C. The summed E-state index contributed by atoms with van der Waals surface area (Å²) in [5, 5.41) is 4.29. The van der Waals surface area contributed by atoms with Gasteiger partial charge in [0.1, 0.15) is 5.75 Å². The lowest BCUT2D eigenvalue weighted by Crippen LogP contribution is -2.38. The van der Waals surface area contributed by atoms with Crippen LogP contribution in [0.2, 0.25) is 10.0 Å². The van der Waals surface area contributed by atoms with Crippen molar-refractivity contribution in [2.24, 2.45) is 5.92 Å². The minimum absolute atomic E-state index is 0.00567. The Morgan fingerprint density at radius 3 is 2.28 bits per heavy atom. The average molecular weight is 434 g/mol. The van der Waals surface area contributed by atoms with E-state index in [-0.39, 0.29) is 5.91 Å². The van der Waals surface area contributed by atoms with E-state index in [1.54, 1.807) is 6.07 Å². The molecular weight excluding hydrogens is 405 g/mol. The summed E-state index contributed by atoms with van der Waals surface area (Å²) in [6.45, 7) is 8.95. The van der Waals surface area contributed by atoms with Gasteiger partial charge in [0, 0.05) is 15.7 Å². The van der Waals surface area contributed by atoms with Gasteiger partial charge in [0.2, 0.25) is 5.91 Å². The Bertz CT molecular complexity index is 879. The number of aryl methyl sites for hydroxylation is 2. The Labute approximate surface area is 183 Å². The lowest BCUT2D eigenvalue weighted by atomic mass is 9.78. The van der Waals surface area contributed by atoms with Gasteiger partial charge in [0.05, 0.1) is 12.0 Å². The molecule has 1 amide bonds. The van der Waals surface area contributed by atoms with Crippen molar-refractivity contribution in [1.82, 2.24) is 0 Å². The fourth-order valence-electron chi connectivity index (χ4n) is 4.23. The summed E-state index contributed by atoms with van der Waals surface area (Å²) >= 11 is 12.6. The quantitative estimate of drug-likeness (QED) is 0.527. The third kappa shape index (κ3) is 4.73. The number of halogens is 2. The zero-order valence-corrected chi connectivity index (χ0v) is 19.1. The van der Waals surface area contributed by atoms with Gasteiger partial charge in [-0.25, -0.2) is 0 Å². The molecule has 0 radical (unpaired) electrons. The van der Waals surface area contributed by atoms with Crippen LogP contribution < -0.4 is 10.1 Å². The number of ether oxygens (including phenoxy) is 1. The Kier molecular flexibility index (Phi) is 6.80. The molecule has 0 saturated heterocycles. The highest BCUT2D eigenvalue weighted by atomic mass is 35.5. The molecule has 0 bridgehead atoms. The fraction of sp³-hybridized carbons (Fsp3) is 0.458. The lowest BCUT2D eigenvalue weighted by Gasteiger charge is -2.29. The lowest BCUT2D eigenvalue weighted by molar-refractivity contribution is -0.121. The van der Waals surface area contributed by atoms with Gasteiger partial charge in [-0.15, -0.1) is 0 Å².